The Morgan fingerprint density at radius 2 is 2.00 bits per heavy atom. The number of halogens is 1. The highest BCUT2D eigenvalue weighted by molar-refractivity contribution is 7.07. The first-order valence-electron chi connectivity index (χ1n) is 5.87. The molecule has 4 heteroatoms. The first-order chi connectivity index (χ1) is 8.70. The lowest BCUT2D eigenvalue weighted by Crippen LogP contribution is -2.29. The highest BCUT2D eigenvalue weighted by Crippen LogP contribution is 2.22. The van der Waals surface area contributed by atoms with Crippen molar-refractivity contribution in [1.82, 2.24) is 4.90 Å². The van der Waals surface area contributed by atoms with Crippen LogP contribution in [0.4, 0.5) is 0 Å². The lowest BCUT2D eigenvalue weighted by molar-refractivity contribution is 0.242. The van der Waals surface area contributed by atoms with E-state index in [-0.39, 0.29) is 6.04 Å². The third-order valence-electron chi connectivity index (χ3n) is 3.03. The molecule has 0 aliphatic heterocycles. The van der Waals surface area contributed by atoms with Gasteiger partial charge in [0.1, 0.15) is 0 Å². The molecule has 0 amide bonds. The highest BCUT2D eigenvalue weighted by atomic mass is 35.5. The van der Waals surface area contributed by atoms with Crippen LogP contribution in [0, 0.1) is 0 Å². The van der Waals surface area contributed by atoms with Crippen molar-refractivity contribution in [2.75, 3.05) is 13.6 Å². The second-order valence-corrected chi connectivity index (χ2v) is 5.57. The molecule has 1 heterocycles. The van der Waals surface area contributed by atoms with E-state index in [2.05, 4.69) is 40.9 Å². The van der Waals surface area contributed by atoms with E-state index in [9.17, 15) is 0 Å². The van der Waals surface area contributed by atoms with Crippen LogP contribution in [0.15, 0.2) is 41.1 Å². The molecule has 2 aromatic rings. The molecule has 2 N–H and O–H groups in total. The van der Waals surface area contributed by atoms with Gasteiger partial charge in [-0.25, -0.2) is 0 Å². The number of likely N-dealkylation sites (N-methyl/N-ethyl adjacent to an activating group) is 1. The zero-order chi connectivity index (χ0) is 13.0. The van der Waals surface area contributed by atoms with Crippen LogP contribution in [0.3, 0.4) is 0 Å². The number of hydrogen-bond donors (Lipinski definition) is 1. The molecule has 2 rings (SSSR count). The van der Waals surface area contributed by atoms with Gasteiger partial charge in [-0.3, -0.25) is 4.90 Å². The Kier molecular flexibility index (Phi) is 4.78. The van der Waals surface area contributed by atoms with Gasteiger partial charge in [-0.2, -0.15) is 11.3 Å². The molecule has 1 unspecified atom stereocenters. The van der Waals surface area contributed by atoms with Gasteiger partial charge in [-0.1, -0.05) is 23.7 Å². The van der Waals surface area contributed by atoms with Gasteiger partial charge in [-0.05, 0) is 47.1 Å². The first kappa shape index (κ1) is 13.6. The first-order valence-corrected chi connectivity index (χ1v) is 7.19. The summed E-state index contributed by atoms with van der Waals surface area (Å²) in [7, 11) is 2.10. The SMILES string of the molecule is CN(Cc1ccc(Cl)cc1)C(CN)c1ccsc1. The fraction of sp³-hybridized carbons (Fsp3) is 0.286. The number of benzene rings is 1. The molecule has 18 heavy (non-hydrogen) atoms. The molecule has 0 spiro atoms. The number of nitrogens with zero attached hydrogens (tertiary/aromatic N) is 1. The van der Waals surface area contributed by atoms with E-state index >= 15 is 0 Å². The van der Waals surface area contributed by atoms with E-state index in [1.165, 1.54) is 11.1 Å². The Bertz CT molecular complexity index is 467. The molecule has 1 aromatic carbocycles. The molecule has 0 aliphatic rings. The number of nitrogens with two attached hydrogens (primary N) is 1. The summed E-state index contributed by atoms with van der Waals surface area (Å²) in [6.45, 7) is 1.50. The van der Waals surface area contributed by atoms with Crippen molar-refractivity contribution < 1.29 is 0 Å². The van der Waals surface area contributed by atoms with Crippen LogP contribution in [0.5, 0.6) is 0 Å². The predicted octanol–water partition coefficient (Wildman–Crippen LogP) is 3.53. The molecule has 1 atom stereocenters. The van der Waals surface area contributed by atoms with Crippen molar-refractivity contribution >= 4 is 22.9 Å². The van der Waals surface area contributed by atoms with Crippen LogP contribution in [0.25, 0.3) is 0 Å². The lowest BCUT2D eigenvalue weighted by atomic mass is 10.1. The average Bonchev–Trinajstić information content (AvgIpc) is 2.87. The second-order valence-electron chi connectivity index (χ2n) is 4.35. The van der Waals surface area contributed by atoms with Gasteiger partial charge in [0.05, 0.1) is 0 Å². The number of rotatable bonds is 5. The summed E-state index contributed by atoms with van der Waals surface area (Å²) in [6, 6.07) is 10.4. The lowest BCUT2D eigenvalue weighted by Gasteiger charge is -2.26. The smallest absolute Gasteiger partial charge is 0.0479 e. The van der Waals surface area contributed by atoms with Crippen molar-refractivity contribution in [3.8, 4) is 0 Å². The Labute approximate surface area is 117 Å². The van der Waals surface area contributed by atoms with Gasteiger partial charge in [0, 0.05) is 24.2 Å². The van der Waals surface area contributed by atoms with Crippen LogP contribution in [-0.2, 0) is 6.54 Å². The summed E-state index contributed by atoms with van der Waals surface area (Å²) in [5.41, 5.74) is 8.42. The monoisotopic (exact) mass is 280 g/mol. The maximum absolute atomic E-state index is 5.89. The highest BCUT2D eigenvalue weighted by Gasteiger charge is 2.15. The molecule has 1 aromatic heterocycles. The maximum Gasteiger partial charge on any atom is 0.0479 e. The Hall–Kier alpha value is -0.870. The molecule has 0 aliphatic carbocycles. The summed E-state index contributed by atoms with van der Waals surface area (Å²) >= 11 is 7.60. The van der Waals surface area contributed by atoms with Gasteiger partial charge in [0.2, 0.25) is 0 Å². The van der Waals surface area contributed by atoms with E-state index in [1.54, 1.807) is 11.3 Å². The van der Waals surface area contributed by atoms with Gasteiger partial charge < -0.3 is 5.73 Å². The third kappa shape index (κ3) is 3.33. The fourth-order valence-corrected chi connectivity index (χ4v) is 2.86. The standard InChI is InChI=1S/C14H17ClN2S/c1-17(9-11-2-4-13(15)5-3-11)14(8-16)12-6-7-18-10-12/h2-7,10,14H,8-9,16H2,1H3. The van der Waals surface area contributed by atoms with E-state index in [0.717, 1.165) is 11.6 Å². The van der Waals surface area contributed by atoms with Crippen molar-refractivity contribution in [2.45, 2.75) is 12.6 Å². The maximum atomic E-state index is 5.89. The van der Waals surface area contributed by atoms with Crippen LogP contribution >= 0.6 is 22.9 Å². The van der Waals surface area contributed by atoms with Crippen molar-refractivity contribution in [2.24, 2.45) is 5.73 Å². The molecule has 96 valence electrons. The molecule has 0 fully saturated rings. The summed E-state index contributed by atoms with van der Waals surface area (Å²) < 4.78 is 0. The molecular formula is C14H17ClN2S. The fourth-order valence-electron chi connectivity index (χ4n) is 2.02. The Morgan fingerprint density at radius 1 is 1.28 bits per heavy atom. The quantitative estimate of drug-likeness (QED) is 0.908. The van der Waals surface area contributed by atoms with Crippen LogP contribution in [0.2, 0.25) is 5.02 Å². The molecule has 0 radical (unpaired) electrons. The van der Waals surface area contributed by atoms with E-state index in [1.807, 2.05) is 12.1 Å². The van der Waals surface area contributed by atoms with Gasteiger partial charge in [0.25, 0.3) is 0 Å². The topological polar surface area (TPSA) is 29.3 Å². The van der Waals surface area contributed by atoms with Crippen LogP contribution in [0.1, 0.15) is 17.2 Å². The zero-order valence-corrected chi connectivity index (χ0v) is 11.9. The third-order valence-corrected chi connectivity index (χ3v) is 3.98. The number of hydrogen-bond acceptors (Lipinski definition) is 3. The Balaban J connectivity index is 2.06. The largest absolute Gasteiger partial charge is 0.329 e. The van der Waals surface area contributed by atoms with Crippen LogP contribution in [-0.4, -0.2) is 18.5 Å². The molecule has 0 bridgehead atoms. The van der Waals surface area contributed by atoms with E-state index < -0.39 is 0 Å². The summed E-state index contributed by atoms with van der Waals surface area (Å²) in [5, 5.41) is 5.03. The summed E-state index contributed by atoms with van der Waals surface area (Å²) in [5.74, 6) is 0. The average molecular weight is 281 g/mol. The predicted molar refractivity (Wildman–Crippen MR) is 79.0 cm³/mol. The second kappa shape index (κ2) is 6.34. The molecule has 0 saturated heterocycles. The van der Waals surface area contributed by atoms with Gasteiger partial charge >= 0.3 is 0 Å². The minimum Gasteiger partial charge on any atom is -0.329 e. The molecule has 2 nitrogen and oxygen atoms in total. The number of thiophene rings is 1. The van der Waals surface area contributed by atoms with Crippen molar-refractivity contribution in [3.05, 3.63) is 57.2 Å². The Morgan fingerprint density at radius 3 is 2.56 bits per heavy atom. The summed E-state index contributed by atoms with van der Waals surface area (Å²) in [4.78, 5) is 2.27. The van der Waals surface area contributed by atoms with E-state index in [4.69, 9.17) is 17.3 Å². The minimum atomic E-state index is 0.270. The molecular weight excluding hydrogens is 264 g/mol. The zero-order valence-electron chi connectivity index (χ0n) is 10.3. The van der Waals surface area contributed by atoms with Gasteiger partial charge in [-0.15, -0.1) is 0 Å². The normalized spacial score (nSPS) is 12.9. The van der Waals surface area contributed by atoms with E-state index in [0.29, 0.717) is 6.54 Å². The van der Waals surface area contributed by atoms with Gasteiger partial charge in [0.15, 0.2) is 0 Å². The minimum absolute atomic E-state index is 0.270. The van der Waals surface area contributed by atoms with Crippen molar-refractivity contribution in [3.63, 3.8) is 0 Å². The van der Waals surface area contributed by atoms with Crippen molar-refractivity contribution in [1.29, 1.82) is 0 Å². The molecule has 0 saturated carbocycles. The van der Waals surface area contributed by atoms with Crippen LogP contribution < -0.4 is 5.73 Å². The summed E-state index contributed by atoms with van der Waals surface area (Å²) in [6.07, 6.45) is 0.